The van der Waals surface area contributed by atoms with Crippen LogP contribution >= 0.6 is 0 Å². The fourth-order valence-corrected chi connectivity index (χ4v) is 1.81. The SMILES string of the molecule is CC(C)CC(CN)C(=O)C1=CCCCO1. The van der Waals surface area contributed by atoms with E-state index in [1.165, 1.54) is 0 Å². The lowest BCUT2D eigenvalue weighted by Crippen LogP contribution is -2.28. The van der Waals surface area contributed by atoms with Crippen molar-refractivity contribution in [1.29, 1.82) is 0 Å². The number of hydrogen-bond donors (Lipinski definition) is 1. The fourth-order valence-electron chi connectivity index (χ4n) is 1.81. The molecule has 0 aromatic heterocycles. The van der Waals surface area contributed by atoms with Crippen LogP contribution in [0.25, 0.3) is 0 Å². The number of Topliss-reactive ketones (excluding diaryl/α,β-unsaturated/α-hetero) is 1. The monoisotopic (exact) mass is 211 g/mol. The maximum atomic E-state index is 12.0. The first kappa shape index (κ1) is 12.2. The summed E-state index contributed by atoms with van der Waals surface area (Å²) in [5, 5.41) is 0. The molecule has 1 rings (SSSR count). The molecule has 0 aliphatic carbocycles. The largest absolute Gasteiger partial charge is 0.490 e. The molecule has 0 saturated heterocycles. The van der Waals surface area contributed by atoms with Crippen LogP contribution in [0.5, 0.6) is 0 Å². The van der Waals surface area contributed by atoms with Gasteiger partial charge in [-0.15, -0.1) is 0 Å². The predicted molar refractivity (Wildman–Crippen MR) is 60.3 cm³/mol. The van der Waals surface area contributed by atoms with E-state index in [1.807, 2.05) is 6.08 Å². The summed E-state index contributed by atoms with van der Waals surface area (Å²) in [5.74, 6) is 1.05. The van der Waals surface area contributed by atoms with Crippen LogP contribution in [0, 0.1) is 11.8 Å². The number of allylic oxidation sites excluding steroid dienone is 2. The average Bonchev–Trinajstić information content (AvgIpc) is 2.26. The van der Waals surface area contributed by atoms with Crippen LogP contribution in [0.15, 0.2) is 11.8 Å². The van der Waals surface area contributed by atoms with Gasteiger partial charge in [-0.1, -0.05) is 13.8 Å². The van der Waals surface area contributed by atoms with Crippen LogP contribution in [-0.2, 0) is 9.53 Å². The summed E-state index contributed by atoms with van der Waals surface area (Å²) in [4.78, 5) is 12.0. The third-order valence-corrected chi connectivity index (χ3v) is 2.59. The number of rotatable bonds is 5. The molecule has 1 atom stereocenters. The highest BCUT2D eigenvalue weighted by Crippen LogP contribution is 2.19. The van der Waals surface area contributed by atoms with Crippen LogP contribution in [0.1, 0.15) is 33.1 Å². The topological polar surface area (TPSA) is 52.3 Å². The number of nitrogens with two attached hydrogens (primary N) is 1. The van der Waals surface area contributed by atoms with Gasteiger partial charge in [-0.2, -0.15) is 0 Å². The predicted octanol–water partition coefficient (Wildman–Crippen LogP) is 1.87. The first-order valence-electron chi connectivity index (χ1n) is 5.72. The Morgan fingerprint density at radius 3 is 2.80 bits per heavy atom. The van der Waals surface area contributed by atoms with E-state index in [2.05, 4.69) is 13.8 Å². The van der Waals surface area contributed by atoms with Crippen molar-refractivity contribution in [3.05, 3.63) is 11.8 Å². The molecular formula is C12H21NO2. The molecule has 86 valence electrons. The highest BCUT2D eigenvalue weighted by atomic mass is 16.5. The van der Waals surface area contributed by atoms with E-state index in [4.69, 9.17) is 10.5 Å². The van der Waals surface area contributed by atoms with E-state index < -0.39 is 0 Å². The molecule has 1 aliphatic rings. The fraction of sp³-hybridized carbons (Fsp3) is 0.750. The zero-order valence-corrected chi connectivity index (χ0v) is 9.66. The average molecular weight is 211 g/mol. The summed E-state index contributed by atoms with van der Waals surface area (Å²) in [6.45, 7) is 5.28. The second kappa shape index (κ2) is 5.91. The van der Waals surface area contributed by atoms with Gasteiger partial charge in [0.15, 0.2) is 5.76 Å². The van der Waals surface area contributed by atoms with E-state index in [1.54, 1.807) is 0 Å². The summed E-state index contributed by atoms with van der Waals surface area (Å²) in [6, 6.07) is 0. The second-order valence-electron chi connectivity index (χ2n) is 4.49. The summed E-state index contributed by atoms with van der Waals surface area (Å²) in [6.07, 6.45) is 4.69. The maximum Gasteiger partial charge on any atom is 0.201 e. The highest BCUT2D eigenvalue weighted by Gasteiger charge is 2.23. The van der Waals surface area contributed by atoms with Gasteiger partial charge < -0.3 is 10.5 Å². The van der Waals surface area contributed by atoms with E-state index >= 15 is 0 Å². The van der Waals surface area contributed by atoms with Crippen LogP contribution < -0.4 is 5.73 Å². The summed E-state index contributed by atoms with van der Waals surface area (Å²) >= 11 is 0. The number of ether oxygens (including phenoxy) is 1. The standard InChI is InChI=1S/C12H21NO2/c1-9(2)7-10(8-13)12(14)11-5-3-4-6-15-11/h5,9-10H,3-4,6-8,13H2,1-2H3. The van der Waals surface area contributed by atoms with Gasteiger partial charge in [-0.3, -0.25) is 4.79 Å². The van der Waals surface area contributed by atoms with Gasteiger partial charge in [0.1, 0.15) is 0 Å². The quantitative estimate of drug-likeness (QED) is 0.755. The zero-order valence-electron chi connectivity index (χ0n) is 9.66. The first-order valence-corrected chi connectivity index (χ1v) is 5.72. The van der Waals surface area contributed by atoms with Gasteiger partial charge in [-0.05, 0) is 31.3 Å². The lowest BCUT2D eigenvalue weighted by molar-refractivity contribution is -0.123. The van der Waals surface area contributed by atoms with Gasteiger partial charge in [0.25, 0.3) is 0 Å². The van der Waals surface area contributed by atoms with E-state index in [9.17, 15) is 4.79 Å². The van der Waals surface area contributed by atoms with Gasteiger partial charge in [-0.25, -0.2) is 0 Å². The van der Waals surface area contributed by atoms with E-state index in [-0.39, 0.29) is 11.7 Å². The minimum atomic E-state index is -0.0747. The normalized spacial score (nSPS) is 18.3. The Labute approximate surface area is 91.7 Å². The molecule has 0 aromatic carbocycles. The van der Waals surface area contributed by atoms with Crippen molar-refractivity contribution in [2.75, 3.05) is 13.2 Å². The Balaban J connectivity index is 2.59. The van der Waals surface area contributed by atoms with Gasteiger partial charge >= 0.3 is 0 Å². The molecule has 0 aromatic rings. The molecular weight excluding hydrogens is 190 g/mol. The molecule has 0 spiro atoms. The molecule has 0 radical (unpaired) electrons. The Morgan fingerprint density at radius 2 is 2.33 bits per heavy atom. The molecule has 2 N–H and O–H groups in total. The Kier molecular flexibility index (Phi) is 4.82. The number of carbonyl (C=O) groups excluding carboxylic acids is 1. The molecule has 1 heterocycles. The number of carbonyl (C=O) groups is 1. The molecule has 0 fully saturated rings. The van der Waals surface area contributed by atoms with Crippen LogP contribution in [0.3, 0.4) is 0 Å². The Morgan fingerprint density at radius 1 is 1.60 bits per heavy atom. The molecule has 0 saturated carbocycles. The minimum absolute atomic E-state index is 0.0747. The Hall–Kier alpha value is -0.830. The second-order valence-corrected chi connectivity index (χ2v) is 4.49. The van der Waals surface area contributed by atoms with Crippen LogP contribution in [-0.4, -0.2) is 18.9 Å². The number of ketones is 1. The third kappa shape index (κ3) is 3.67. The van der Waals surface area contributed by atoms with Crippen molar-refractivity contribution < 1.29 is 9.53 Å². The lowest BCUT2D eigenvalue weighted by Gasteiger charge is -2.20. The van der Waals surface area contributed by atoms with Crippen molar-refractivity contribution in [2.24, 2.45) is 17.6 Å². The lowest BCUT2D eigenvalue weighted by atomic mass is 9.92. The van der Waals surface area contributed by atoms with Crippen LogP contribution in [0.2, 0.25) is 0 Å². The van der Waals surface area contributed by atoms with Gasteiger partial charge in [0.2, 0.25) is 5.78 Å². The minimum Gasteiger partial charge on any atom is -0.490 e. The summed E-state index contributed by atoms with van der Waals surface area (Å²) < 4.78 is 5.36. The molecule has 1 unspecified atom stereocenters. The van der Waals surface area contributed by atoms with Crippen molar-refractivity contribution in [2.45, 2.75) is 33.1 Å². The Bertz CT molecular complexity index is 246. The molecule has 0 amide bonds. The van der Waals surface area contributed by atoms with Gasteiger partial charge in [0, 0.05) is 12.5 Å². The van der Waals surface area contributed by atoms with Crippen molar-refractivity contribution in [3.63, 3.8) is 0 Å². The molecule has 3 heteroatoms. The van der Waals surface area contributed by atoms with Crippen molar-refractivity contribution >= 4 is 5.78 Å². The summed E-state index contributed by atoms with van der Waals surface area (Å²) in [7, 11) is 0. The van der Waals surface area contributed by atoms with E-state index in [0.717, 1.165) is 19.3 Å². The molecule has 0 bridgehead atoms. The first-order chi connectivity index (χ1) is 7.15. The smallest absolute Gasteiger partial charge is 0.201 e. The molecule has 1 aliphatic heterocycles. The van der Waals surface area contributed by atoms with E-state index in [0.29, 0.717) is 24.8 Å². The zero-order chi connectivity index (χ0) is 11.3. The van der Waals surface area contributed by atoms with Gasteiger partial charge in [0.05, 0.1) is 6.61 Å². The highest BCUT2D eigenvalue weighted by molar-refractivity contribution is 5.95. The number of hydrogen-bond acceptors (Lipinski definition) is 3. The third-order valence-electron chi connectivity index (χ3n) is 2.59. The van der Waals surface area contributed by atoms with Crippen molar-refractivity contribution in [1.82, 2.24) is 0 Å². The van der Waals surface area contributed by atoms with Crippen molar-refractivity contribution in [3.8, 4) is 0 Å². The summed E-state index contributed by atoms with van der Waals surface area (Å²) in [5.41, 5.74) is 5.63. The van der Waals surface area contributed by atoms with Crippen LogP contribution in [0.4, 0.5) is 0 Å². The molecule has 15 heavy (non-hydrogen) atoms. The maximum absolute atomic E-state index is 12.0. The molecule has 3 nitrogen and oxygen atoms in total.